The minimum absolute atomic E-state index is 0.196. The van der Waals surface area contributed by atoms with E-state index in [0.717, 1.165) is 56.5 Å². The molecule has 0 N–H and O–H groups in total. The third-order valence-electron chi connectivity index (χ3n) is 5.64. The molecule has 0 bridgehead atoms. The number of rotatable bonds is 7. The summed E-state index contributed by atoms with van der Waals surface area (Å²) in [6.45, 7) is 8.80. The first-order valence-corrected chi connectivity index (χ1v) is 10.4. The molecule has 29 heavy (non-hydrogen) atoms. The highest BCUT2D eigenvalue weighted by molar-refractivity contribution is 5.93. The topological polar surface area (TPSA) is 45.3 Å². The average Bonchev–Trinajstić information content (AvgIpc) is 3.22. The van der Waals surface area contributed by atoms with Gasteiger partial charge in [-0.1, -0.05) is 24.3 Å². The Hall–Kier alpha value is -2.57. The Bertz CT molecular complexity index is 819. The van der Waals surface area contributed by atoms with Crippen LogP contribution in [0.5, 0.6) is 11.5 Å². The first-order valence-electron chi connectivity index (χ1n) is 10.4. The zero-order valence-corrected chi connectivity index (χ0v) is 17.0. The molecular formula is C23H29N3O3. The number of hydrogen-bond acceptors (Lipinski definition) is 5. The summed E-state index contributed by atoms with van der Waals surface area (Å²) in [5.74, 6) is 1.87. The average molecular weight is 396 g/mol. The second-order valence-electron chi connectivity index (χ2n) is 7.53. The summed E-state index contributed by atoms with van der Waals surface area (Å²) in [4.78, 5) is 19.4. The van der Waals surface area contributed by atoms with E-state index in [1.807, 2.05) is 48.2 Å². The number of carbonyl (C=O) groups excluding carboxylic acids is 1. The quantitative estimate of drug-likeness (QED) is 0.721. The number of anilines is 1. The molecule has 2 aliphatic heterocycles. The molecule has 0 aliphatic carbocycles. The summed E-state index contributed by atoms with van der Waals surface area (Å²) in [5, 5.41) is 0. The Morgan fingerprint density at radius 2 is 1.69 bits per heavy atom. The van der Waals surface area contributed by atoms with Gasteiger partial charge in [0.2, 0.25) is 12.7 Å². The second kappa shape index (κ2) is 9.29. The largest absolute Gasteiger partial charge is 0.454 e. The van der Waals surface area contributed by atoms with Crippen LogP contribution < -0.4 is 14.4 Å². The van der Waals surface area contributed by atoms with Gasteiger partial charge in [-0.2, -0.15) is 0 Å². The van der Waals surface area contributed by atoms with Crippen LogP contribution in [0.4, 0.5) is 5.69 Å². The molecule has 154 valence electrons. The zero-order chi connectivity index (χ0) is 20.1. The Morgan fingerprint density at radius 1 is 0.966 bits per heavy atom. The second-order valence-corrected chi connectivity index (χ2v) is 7.53. The summed E-state index contributed by atoms with van der Waals surface area (Å²) in [5.41, 5.74) is 2.23. The van der Waals surface area contributed by atoms with Crippen molar-refractivity contribution in [2.24, 2.45) is 0 Å². The lowest BCUT2D eigenvalue weighted by molar-refractivity contribution is -0.119. The SMILES string of the molecule is CCN(C(=O)CCN1CCN(Cc2ccc3c(c2)OCO3)CC1)c1ccccc1. The van der Waals surface area contributed by atoms with Crippen molar-refractivity contribution < 1.29 is 14.3 Å². The van der Waals surface area contributed by atoms with Crippen LogP contribution >= 0.6 is 0 Å². The normalized spacial score (nSPS) is 16.7. The van der Waals surface area contributed by atoms with Crippen LogP contribution in [-0.4, -0.2) is 61.8 Å². The first kappa shape index (κ1) is 19.7. The van der Waals surface area contributed by atoms with E-state index >= 15 is 0 Å². The first-order chi connectivity index (χ1) is 14.2. The number of ether oxygens (including phenoxy) is 2. The van der Waals surface area contributed by atoms with Crippen molar-refractivity contribution >= 4 is 11.6 Å². The molecule has 2 aliphatic rings. The van der Waals surface area contributed by atoms with Crippen molar-refractivity contribution in [2.45, 2.75) is 19.9 Å². The number of para-hydroxylation sites is 1. The fraction of sp³-hybridized carbons (Fsp3) is 0.435. The Balaban J connectivity index is 1.22. The highest BCUT2D eigenvalue weighted by Crippen LogP contribution is 2.32. The molecule has 2 aromatic carbocycles. The van der Waals surface area contributed by atoms with Crippen molar-refractivity contribution in [3.05, 3.63) is 54.1 Å². The fourth-order valence-electron chi connectivity index (χ4n) is 3.97. The van der Waals surface area contributed by atoms with Gasteiger partial charge in [0.05, 0.1) is 0 Å². The molecule has 0 saturated carbocycles. The minimum Gasteiger partial charge on any atom is -0.454 e. The van der Waals surface area contributed by atoms with Crippen LogP contribution in [0.25, 0.3) is 0 Å². The minimum atomic E-state index is 0.196. The number of benzene rings is 2. The van der Waals surface area contributed by atoms with Gasteiger partial charge in [-0.15, -0.1) is 0 Å². The number of nitrogens with zero attached hydrogens (tertiary/aromatic N) is 3. The van der Waals surface area contributed by atoms with Gasteiger partial charge >= 0.3 is 0 Å². The van der Waals surface area contributed by atoms with Crippen LogP contribution in [0, 0.1) is 0 Å². The van der Waals surface area contributed by atoms with Crippen LogP contribution in [0.1, 0.15) is 18.9 Å². The smallest absolute Gasteiger partial charge is 0.231 e. The molecule has 2 heterocycles. The van der Waals surface area contributed by atoms with E-state index in [1.54, 1.807) is 0 Å². The van der Waals surface area contributed by atoms with Gasteiger partial charge in [-0.25, -0.2) is 0 Å². The van der Waals surface area contributed by atoms with Crippen molar-refractivity contribution in [3.8, 4) is 11.5 Å². The maximum atomic E-state index is 12.7. The maximum Gasteiger partial charge on any atom is 0.231 e. The molecule has 0 atom stereocenters. The van der Waals surface area contributed by atoms with Gasteiger partial charge in [0.15, 0.2) is 11.5 Å². The van der Waals surface area contributed by atoms with E-state index in [-0.39, 0.29) is 5.91 Å². The lowest BCUT2D eigenvalue weighted by Crippen LogP contribution is -2.47. The summed E-state index contributed by atoms with van der Waals surface area (Å²) in [6.07, 6.45) is 0.560. The highest BCUT2D eigenvalue weighted by Gasteiger charge is 2.20. The van der Waals surface area contributed by atoms with Gasteiger partial charge in [0, 0.05) is 57.9 Å². The van der Waals surface area contributed by atoms with Crippen LogP contribution in [0.2, 0.25) is 0 Å². The Kier molecular flexibility index (Phi) is 6.32. The Morgan fingerprint density at radius 3 is 2.45 bits per heavy atom. The maximum absolute atomic E-state index is 12.7. The molecule has 0 radical (unpaired) electrons. The van der Waals surface area contributed by atoms with Crippen LogP contribution in [0.3, 0.4) is 0 Å². The molecule has 6 heteroatoms. The number of fused-ring (bicyclic) bond motifs is 1. The Labute approximate surface area is 172 Å². The van der Waals surface area contributed by atoms with Gasteiger partial charge in [-0.3, -0.25) is 9.69 Å². The molecule has 1 saturated heterocycles. The third-order valence-corrected chi connectivity index (χ3v) is 5.64. The van der Waals surface area contributed by atoms with Crippen molar-refractivity contribution in [2.75, 3.05) is 51.0 Å². The van der Waals surface area contributed by atoms with Gasteiger partial charge in [-0.05, 0) is 36.8 Å². The third kappa shape index (κ3) is 4.89. The number of amides is 1. The monoisotopic (exact) mass is 395 g/mol. The van der Waals surface area contributed by atoms with Crippen LogP contribution in [-0.2, 0) is 11.3 Å². The zero-order valence-electron chi connectivity index (χ0n) is 17.0. The fourth-order valence-corrected chi connectivity index (χ4v) is 3.97. The van der Waals surface area contributed by atoms with Gasteiger partial charge in [0.1, 0.15) is 0 Å². The number of carbonyl (C=O) groups is 1. The van der Waals surface area contributed by atoms with Crippen LogP contribution in [0.15, 0.2) is 48.5 Å². The molecule has 2 aromatic rings. The predicted octanol–water partition coefficient (Wildman–Crippen LogP) is 2.98. The molecule has 1 amide bonds. The lowest BCUT2D eigenvalue weighted by Gasteiger charge is -2.35. The van der Waals surface area contributed by atoms with Crippen molar-refractivity contribution in [3.63, 3.8) is 0 Å². The van der Waals surface area contributed by atoms with Gasteiger partial charge in [0.25, 0.3) is 0 Å². The summed E-state index contributed by atoms with van der Waals surface area (Å²) >= 11 is 0. The van der Waals surface area contributed by atoms with E-state index in [1.165, 1.54) is 5.56 Å². The van der Waals surface area contributed by atoms with Crippen molar-refractivity contribution in [1.82, 2.24) is 9.80 Å². The van der Waals surface area contributed by atoms with E-state index in [9.17, 15) is 4.79 Å². The highest BCUT2D eigenvalue weighted by atomic mass is 16.7. The van der Waals surface area contributed by atoms with E-state index in [2.05, 4.69) is 21.9 Å². The molecular weight excluding hydrogens is 366 g/mol. The lowest BCUT2D eigenvalue weighted by atomic mass is 10.1. The van der Waals surface area contributed by atoms with E-state index in [4.69, 9.17) is 9.47 Å². The van der Waals surface area contributed by atoms with Crippen molar-refractivity contribution in [1.29, 1.82) is 0 Å². The summed E-state index contributed by atoms with van der Waals surface area (Å²) in [7, 11) is 0. The molecule has 0 unspecified atom stereocenters. The molecule has 6 nitrogen and oxygen atoms in total. The summed E-state index contributed by atoms with van der Waals surface area (Å²) < 4.78 is 10.9. The predicted molar refractivity (Wildman–Crippen MR) is 113 cm³/mol. The molecule has 0 aromatic heterocycles. The standard InChI is InChI=1S/C23H29N3O3/c1-2-26(20-6-4-3-5-7-20)23(27)10-11-24-12-14-25(15-13-24)17-19-8-9-21-22(16-19)29-18-28-21/h3-9,16H,2,10-15,17-18H2,1H3. The molecule has 0 spiro atoms. The molecule has 1 fully saturated rings. The molecule has 4 rings (SSSR count). The van der Waals surface area contributed by atoms with Gasteiger partial charge < -0.3 is 19.3 Å². The number of hydrogen-bond donors (Lipinski definition) is 0. The van der Waals surface area contributed by atoms with E-state index in [0.29, 0.717) is 19.8 Å². The number of piperazine rings is 1. The summed E-state index contributed by atoms with van der Waals surface area (Å²) in [6, 6.07) is 16.1. The van der Waals surface area contributed by atoms with E-state index < -0.39 is 0 Å².